The van der Waals surface area contributed by atoms with Gasteiger partial charge in [0, 0.05) is 5.69 Å². The summed E-state index contributed by atoms with van der Waals surface area (Å²) < 4.78 is 5.02. The van der Waals surface area contributed by atoms with Crippen molar-refractivity contribution in [1.29, 1.82) is 0 Å². The molecule has 2 unspecified atom stereocenters. The molecule has 0 bridgehead atoms. The standard InChI is InChI=1S/C16H24N2O3.ClH/c1-4-11(3)15(16(20)21-5-2)18-14(19)10-12-6-8-13(17)9-7-12;/h6-9,11,15H,4-5,10,17H2,1-3H3,(H,18,19);1H. The molecule has 3 N–H and O–H groups in total. The maximum Gasteiger partial charge on any atom is 0.328 e. The highest BCUT2D eigenvalue weighted by molar-refractivity contribution is 5.86. The van der Waals surface area contributed by atoms with Crippen LogP contribution < -0.4 is 11.1 Å². The maximum atomic E-state index is 12.1. The van der Waals surface area contributed by atoms with Crippen LogP contribution in [-0.4, -0.2) is 24.5 Å². The molecule has 0 spiro atoms. The first-order valence-corrected chi connectivity index (χ1v) is 7.28. The molecule has 6 heteroatoms. The summed E-state index contributed by atoms with van der Waals surface area (Å²) in [4.78, 5) is 24.0. The summed E-state index contributed by atoms with van der Waals surface area (Å²) in [5.41, 5.74) is 7.12. The highest BCUT2D eigenvalue weighted by atomic mass is 35.5. The van der Waals surface area contributed by atoms with E-state index < -0.39 is 6.04 Å². The van der Waals surface area contributed by atoms with Crippen LogP contribution in [0.25, 0.3) is 0 Å². The first kappa shape index (κ1) is 20.2. The Morgan fingerprint density at radius 1 is 1.23 bits per heavy atom. The third kappa shape index (κ3) is 6.35. The Hall–Kier alpha value is -1.75. The summed E-state index contributed by atoms with van der Waals surface area (Å²) >= 11 is 0. The quantitative estimate of drug-likeness (QED) is 0.594. The largest absolute Gasteiger partial charge is 0.464 e. The number of carbonyl (C=O) groups excluding carboxylic acids is 2. The van der Waals surface area contributed by atoms with E-state index in [9.17, 15) is 9.59 Å². The van der Waals surface area contributed by atoms with E-state index in [0.717, 1.165) is 12.0 Å². The SMILES string of the molecule is CCOC(=O)C(NC(=O)Cc1ccc(N)cc1)C(C)CC.Cl. The van der Waals surface area contributed by atoms with Gasteiger partial charge in [-0.1, -0.05) is 32.4 Å². The molecule has 124 valence electrons. The Balaban J connectivity index is 0.00000441. The Labute approximate surface area is 138 Å². The minimum absolute atomic E-state index is 0. The molecule has 0 aliphatic rings. The van der Waals surface area contributed by atoms with Crippen molar-refractivity contribution in [1.82, 2.24) is 5.32 Å². The molecule has 0 saturated heterocycles. The fourth-order valence-electron chi connectivity index (χ4n) is 1.95. The normalized spacial score (nSPS) is 12.7. The molecule has 5 nitrogen and oxygen atoms in total. The molecule has 1 rings (SSSR count). The van der Waals surface area contributed by atoms with E-state index in [1.165, 1.54) is 0 Å². The van der Waals surface area contributed by atoms with Crippen LogP contribution in [0.4, 0.5) is 5.69 Å². The number of hydrogen-bond donors (Lipinski definition) is 2. The van der Waals surface area contributed by atoms with E-state index >= 15 is 0 Å². The Morgan fingerprint density at radius 2 is 1.82 bits per heavy atom. The number of benzene rings is 1. The van der Waals surface area contributed by atoms with E-state index in [1.807, 2.05) is 13.8 Å². The zero-order valence-electron chi connectivity index (χ0n) is 13.3. The fourth-order valence-corrected chi connectivity index (χ4v) is 1.95. The number of rotatable bonds is 7. The molecule has 0 aliphatic heterocycles. The molecule has 0 aliphatic carbocycles. The monoisotopic (exact) mass is 328 g/mol. The fraction of sp³-hybridized carbons (Fsp3) is 0.500. The lowest BCUT2D eigenvalue weighted by Crippen LogP contribution is -2.46. The number of amides is 1. The van der Waals surface area contributed by atoms with Gasteiger partial charge in [0.25, 0.3) is 0 Å². The van der Waals surface area contributed by atoms with Gasteiger partial charge in [0.2, 0.25) is 5.91 Å². The Bertz CT molecular complexity index is 477. The summed E-state index contributed by atoms with van der Waals surface area (Å²) in [7, 11) is 0. The second-order valence-electron chi connectivity index (χ2n) is 5.10. The molecule has 0 heterocycles. The van der Waals surface area contributed by atoms with Gasteiger partial charge in [-0.15, -0.1) is 12.4 Å². The summed E-state index contributed by atoms with van der Waals surface area (Å²) in [6.45, 7) is 5.95. The van der Waals surface area contributed by atoms with Crippen LogP contribution in [0, 0.1) is 5.92 Å². The number of ether oxygens (including phenoxy) is 1. The molecule has 22 heavy (non-hydrogen) atoms. The van der Waals surface area contributed by atoms with Crippen molar-refractivity contribution in [2.24, 2.45) is 5.92 Å². The van der Waals surface area contributed by atoms with Crippen molar-refractivity contribution in [3.63, 3.8) is 0 Å². The zero-order valence-corrected chi connectivity index (χ0v) is 14.1. The van der Waals surface area contributed by atoms with Crippen LogP contribution in [0.5, 0.6) is 0 Å². The molecule has 0 aromatic heterocycles. The van der Waals surface area contributed by atoms with E-state index in [1.54, 1.807) is 31.2 Å². The van der Waals surface area contributed by atoms with Crippen molar-refractivity contribution < 1.29 is 14.3 Å². The third-order valence-electron chi connectivity index (χ3n) is 3.41. The van der Waals surface area contributed by atoms with E-state index in [2.05, 4.69) is 5.32 Å². The highest BCUT2D eigenvalue weighted by Crippen LogP contribution is 2.11. The van der Waals surface area contributed by atoms with E-state index in [-0.39, 0.29) is 36.6 Å². The Morgan fingerprint density at radius 3 is 2.32 bits per heavy atom. The van der Waals surface area contributed by atoms with Crippen LogP contribution in [-0.2, 0) is 20.7 Å². The van der Waals surface area contributed by atoms with Crippen molar-refractivity contribution >= 4 is 30.0 Å². The molecule has 1 amide bonds. The lowest BCUT2D eigenvalue weighted by molar-refractivity contribution is -0.148. The molecule has 0 radical (unpaired) electrons. The molecule has 1 aromatic carbocycles. The Kier molecular flexibility index (Phi) is 9.26. The molecular formula is C16H25ClN2O3. The van der Waals surface area contributed by atoms with Crippen LogP contribution >= 0.6 is 12.4 Å². The first-order valence-electron chi connectivity index (χ1n) is 7.28. The average molecular weight is 329 g/mol. The first-order chi connectivity index (χ1) is 9.97. The number of anilines is 1. The van der Waals surface area contributed by atoms with Crippen LogP contribution in [0.15, 0.2) is 24.3 Å². The number of halogens is 1. The van der Waals surface area contributed by atoms with Crippen LogP contribution in [0.1, 0.15) is 32.8 Å². The van der Waals surface area contributed by atoms with Crippen LogP contribution in [0.3, 0.4) is 0 Å². The third-order valence-corrected chi connectivity index (χ3v) is 3.41. The average Bonchev–Trinajstić information content (AvgIpc) is 2.46. The van der Waals surface area contributed by atoms with E-state index in [4.69, 9.17) is 10.5 Å². The second kappa shape index (κ2) is 10.1. The van der Waals surface area contributed by atoms with Crippen molar-refractivity contribution in [3.05, 3.63) is 29.8 Å². The molecule has 0 fully saturated rings. The number of nitrogens with two attached hydrogens (primary N) is 1. The van der Waals surface area contributed by atoms with Crippen molar-refractivity contribution in [2.75, 3.05) is 12.3 Å². The summed E-state index contributed by atoms with van der Waals surface area (Å²) in [6.07, 6.45) is 0.998. The number of hydrogen-bond acceptors (Lipinski definition) is 4. The van der Waals surface area contributed by atoms with Gasteiger partial charge in [-0.2, -0.15) is 0 Å². The molecule has 2 atom stereocenters. The van der Waals surface area contributed by atoms with Gasteiger partial charge >= 0.3 is 5.97 Å². The van der Waals surface area contributed by atoms with Gasteiger partial charge in [0.05, 0.1) is 13.0 Å². The minimum atomic E-state index is -0.601. The molecular weight excluding hydrogens is 304 g/mol. The molecule has 0 saturated carbocycles. The number of nitrogen functional groups attached to an aromatic ring is 1. The van der Waals surface area contributed by atoms with Gasteiger partial charge < -0.3 is 15.8 Å². The van der Waals surface area contributed by atoms with Gasteiger partial charge in [-0.05, 0) is 30.5 Å². The highest BCUT2D eigenvalue weighted by Gasteiger charge is 2.26. The maximum absolute atomic E-state index is 12.1. The predicted molar refractivity (Wildman–Crippen MR) is 89.8 cm³/mol. The lowest BCUT2D eigenvalue weighted by Gasteiger charge is -2.22. The van der Waals surface area contributed by atoms with Gasteiger partial charge in [-0.25, -0.2) is 4.79 Å². The van der Waals surface area contributed by atoms with Gasteiger partial charge in [0.1, 0.15) is 6.04 Å². The molecule has 1 aromatic rings. The number of nitrogens with one attached hydrogen (secondary N) is 1. The van der Waals surface area contributed by atoms with Gasteiger partial charge in [0.15, 0.2) is 0 Å². The second-order valence-corrected chi connectivity index (χ2v) is 5.10. The predicted octanol–water partition coefficient (Wildman–Crippen LogP) is 2.33. The van der Waals surface area contributed by atoms with Crippen molar-refractivity contribution in [2.45, 2.75) is 39.7 Å². The smallest absolute Gasteiger partial charge is 0.328 e. The zero-order chi connectivity index (χ0) is 15.8. The summed E-state index contributed by atoms with van der Waals surface area (Å²) in [5, 5.41) is 2.77. The number of esters is 1. The van der Waals surface area contributed by atoms with Crippen LogP contribution in [0.2, 0.25) is 0 Å². The van der Waals surface area contributed by atoms with Gasteiger partial charge in [-0.3, -0.25) is 4.79 Å². The van der Waals surface area contributed by atoms with E-state index in [0.29, 0.717) is 12.3 Å². The lowest BCUT2D eigenvalue weighted by atomic mass is 9.99. The minimum Gasteiger partial charge on any atom is -0.464 e. The summed E-state index contributed by atoms with van der Waals surface area (Å²) in [6, 6.07) is 6.51. The number of carbonyl (C=O) groups is 2. The topological polar surface area (TPSA) is 81.4 Å². The summed E-state index contributed by atoms with van der Waals surface area (Å²) in [5.74, 6) is -0.546. The van der Waals surface area contributed by atoms with Crippen molar-refractivity contribution in [3.8, 4) is 0 Å².